The van der Waals surface area contributed by atoms with E-state index in [0.29, 0.717) is 29.0 Å². The zero-order chi connectivity index (χ0) is 22.3. The van der Waals surface area contributed by atoms with Gasteiger partial charge >= 0.3 is 5.97 Å². The largest absolute Gasteiger partial charge is 0.465 e. The van der Waals surface area contributed by atoms with Crippen LogP contribution in [0.15, 0.2) is 18.2 Å². The van der Waals surface area contributed by atoms with Crippen molar-refractivity contribution in [1.29, 1.82) is 0 Å². The second-order valence-electron chi connectivity index (χ2n) is 10.4. The molecule has 168 valence electrons. The summed E-state index contributed by atoms with van der Waals surface area (Å²) in [5, 5.41) is 6.05. The van der Waals surface area contributed by atoms with Crippen LogP contribution in [-0.2, 0) is 14.3 Å². The zero-order valence-electron chi connectivity index (χ0n) is 19.0. The predicted molar refractivity (Wildman–Crippen MR) is 119 cm³/mol. The molecule has 4 aliphatic rings. The molecule has 4 saturated carbocycles. The standard InChI is InChI=1S/C25H34N2O4/c1-14(2)21(22(28)26-20-10-19(23(29)31-4)6-5-15(20)3)27-24(30)25-11-16-7-17(12-25)9-18(8-16)13-25/h5-6,10,14,16-18,21H,7-9,11-13H2,1-4H3,(H,26,28)(H,27,30)/t16?,17?,18?,21-,25?/m0/s1. The van der Waals surface area contributed by atoms with E-state index in [1.165, 1.54) is 26.4 Å². The third kappa shape index (κ3) is 4.21. The van der Waals surface area contributed by atoms with Gasteiger partial charge in [-0.25, -0.2) is 4.79 Å². The molecule has 1 aromatic carbocycles. The van der Waals surface area contributed by atoms with Crippen molar-refractivity contribution >= 4 is 23.5 Å². The second-order valence-corrected chi connectivity index (χ2v) is 10.4. The molecule has 1 aromatic rings. The number of rotatable bonds is 6. The van der Waals surface area contributed by atoms with Gasteiger partial charge in [-0.3, -0.25) is 9.59 Å². The Morgan fingerprint density at radius 1 is 1.03 bits per heavy atom. The summed E-state index contributed by atoms with van der Waals surface area (Å²) in [5.41, 5.74) is 1.49. The number of nitrogens with one attached hydrogen (secondary N) is 2. The van der Waals surface area contributed by atoms with Crippen molar-refractivity contribution < 1.29 is 19.1 Å². The fourth-order valence-electron chi connectivity index (χ4n) is 6.43. The number of amides is 2. The summed E-state index contributed by atoms with van der Waals surface area (Å²) in [4.78, 5) is 38.5. The van der Waals surface area contributed by atoms with Crippen molar-refractivity contribution in [3.05, 3.63) is 29.3 Å². The van der Waals surface area contributed by atoms with E-state index >= 15 is 0 Å². The highest BCUT2D eigenvalue weighted by Crippen LogP contribution is 2.60. The number of hydrogen-bond acceptors (Lipinski definition) is 4. The number of benzene rings is 1. The Balaban J connectivity index is 1.49. The molecule has 4 bridgehead atoms. The van der Waals surface area contributed by atoms with Crippen LogP contribution in [0.25, 0.3) is 0 Å². The molecule has 0 saturated heterocycles. The van der Waals surface area contributed by atoms with Gasteiger partial charge in [0, 0.05) is 11.1 Å². The lowest BCUT2D eigenvalue weighted by Gasteiger charge is -2.55. The number of ether oxygens (including phenoxy) is 1. The number of esters is 1. The summed E-state index contributed by atoms with van der Waals surface area (Å²) in [6.07, 6.45) is 6.73. The first-order chi connectivity index (χ1) is 14.7. The minimum Gasteiger partial charge on any atom is -0.465 e. The molecule has 0 unspecified atom stereocenters. The van der Waals surface area contributed by atoms with Crippen molar-refractivity contribution in [3.63, 3.8) is 0 Å². The van der Waals surface area contributed by atoms with Gasteiger partial charge in [-0.05, 0) is 86.8 Å². The van der Waals surface area contributed by atoms with Crippen LogP contribution < -0.4 is 10.6 Å². The lowest BCUT2D eigenvalue weighted by Crippen LogP contribution is -2.57. The number of carbonyl (C=O) groups is 3. The summed E-state index contributed by atoms with van der Waals surface area (Å²) in [5.74, 6) is 1.32. The van der Waals surface area contributed by atoms with Crippen LogP contribution in [0.1, 0.15) is 68.3 Å². The maximum Gasteiger partial charge on any atom is 0.337 e. The maximum atomic E-state index is 13.5. The van der Waals surface area contributed by atoms with Crippen LogP contribution >= 0.6 is 0 Å². The summed E-state index contributed by atoms with van der Waals surface area (Å²) in [6.45, 7) is 5.76. The Bertz CT molecular complexity index is 856. The number of hydrogen-bond donors (Lipinski definition) is 2. The van der Waals surface area contributed by atoms with Crippen LogP contribution in [-0.4, -0.2) is 30.9 Å². The smallest absolute Gasteiger partial charge is 0.337 e. The first kappa shape index (κ1) is 21.8. The second kappa shape index (κ2) is 8.29. The molecule has 0 spiro atoms. The van der Waals surface area contributed by atoms with Gasteiger partial charge in [0.05, 0.1) is 12.7 Å². The molecule has 6 heteroatoms. The van der Waals surface area contributed by atoms with Gasteiger partial charge in [0.1, 0.15) is 6.04 Å². The average Bonchev–Trinajstić information content (AvgIpc) is 2.71. The van der Waals surface area contributed by atoms with Gasteiger partial charge < -0.3 is 15.4 Å². The lowest BCUT2D eigenvalue weighted by molar-refractivity contribution is -0.148. The highest BCUT2D eigenvalue weighted by molar-refractivity contribution is 6.00. The van der Waals surface area contributed by atoms with E-state index in [1.54, 1.807) is 18.2 Å². The van der Waals surface area contributed by atoms with Gasteiger partial charge in [-0.15, -0.1) is 0 Å². The zero-order valence-corrected chi connectivity index (χ0v) is 19.0. The Kier molecular flexibility index (Phi) is 5.84. The quantitative estimate of drug-likeness (QED) is 0.672. The molecule has 0 aliphatic heterocycles. The molecule has 2 N–H and O–H groups in total. The Morgan fingerprint density at radius 2 is 1.61 bits per heavy atom. The number of carbonyl (C=O) groups excluding carboxylic acids is 3. The molecule has 6 nitrogen and oxygen atoms in total. The SMILES string of the molecule is COC(=O)c1ccc(C)c(NC(=O)[C@@H](NC(=O)C23CC4CC(CC(C4)C2)C3)C(C)C)c1. The van der Waals surface area contributed by atoms with Gasteiger partial charge in [-0.1, -0.05) is 19.9 Å². The molecule has 5 rings (SSSR count). The average molecular weight is 427 g/mol. The normalized spacial score (nSPS) is 29.5. The Hall–Kier alpha value is -2.37. The van der Waals surface area contributed by atoms with Gasteiger partial charge in [0.2, 0.25) is 11.8 Å². The Morgan fingerprint density at radius 3 is 2.13 bits per heavy atom. The lowest BCUT2D eigenvalue weighted by atomic mass is 9.49. The summed E-state index contributed by atoms with van der Waals surface area (Å²) in [7, 11) is 1.33. The van der Waals surface area contributed by atoms with Crippen LogP contribution in [0.2, 0.25) is 0 Å². The van der Waals surface area contributed by atoms with E-state index in [2.05, 4.69) is 10.6 Å². The van der Waals surface area contributed by atoms with Gasteiger partial charge in [0.25, 0.3) is 0 Å². The molecule has 4 aliphatic carbocycles. The molecule has 4 fully saturated rings. The van der Waals surface area contributed by atoms with E-state index in [0.717, 1.165) is 24.8 Å². The molecule has 2 amide bonds. The summed E-state index contributed by atoms with van der Waals surface area (Å²) >= 11 is 0. The van der Waals surface area contributed by atoms with Crippen LogP contribution in [0, 0.1) is 36.0 Å². The summed E-state index contributed by atoms with van der Waals surface area (Å²) in [6, 6.07) is 4.45. The molecule has 0 heterocycles. The van der Waals surface area contributed by atoms with Crippen LogP contribution in [0.3, 0.4) is 0 Å². The third-order valence-corrected chi connectivity index (χ3v) is 7.67. The first-order valence-electron chi connectivity index (χ1n) is 11.5. The molecule has 0 aromatic heterocycles. The van der Waals surface area contributed by atoms with Crippen molar-refractivity contribution in [2.75, 3.05) is 12.4 Å². The minimum absolute atomic E-state index is 0.0537. The third-order valence-electron chi connectivity index (χ3n) is 7.67. The van der Waals surface area contributed by atoms with Gasteiger partial charge in [0.15, 0.2) is 0 Å². The van der Waals surface area contributed by atoms with E-state index in [9.17, 15) is 14.4 Å². The fraction of sp³-hybridized carbons (Fsp3) is 0.640. The van der Waals surface area contributed by atoms with Crippen molar-refractivity contribution in [2.24, 2.45) is 29.1 Å². The van der Waals surface area contributed by atoms with Crippen molar-refractivity contribution in [3.8, 4) is 0 Å². The first-order valence-corrected chi connectivity index (χ1v) is 11.5. The van der Waals surface area contributed by atoms with Crippen LogP contribution in [0.4, 0.5) is 5.69 Å². The molecule has 0 radical (unpaired) electrons. The van der Waals surface area contributed by atoms with E-state index in [-0.39, 0.29) is 23.1 Å². The van der Waals surface area contributed by atoms with Gasteiger partial charge in [-0.2, -0.15) is 0 Å². The van der Waals surface area contributed by atoms with Crippen molar-refractivity contribution in [1.82, 2.24) is 5.32 Å². The van der Waals surface area contributed by atoms with E-state index in [1.807, 2.05) is 20.8 Å². The predicted octanol–water partition coefficient (Wildman–Crippen LogP) is 4.08. The monoisotopic (exact) mass is 426 g/mol. The highest BCUT2D eigenvalue weighted by Gasteiger charge is 2.55. The molecular formula is C25H34N2O4. The molecular weight excluding hydrogens is 392 g/mol. The molecule has 1 atom stereocenters. The fourth-order valence-corrected chi connectivity index (χ4v) is 6.43. The van der Waals surface area contributed by atoms with E-state index in [4.69, 9.17) is 4.74 Å². The van der Waals surface area contributed by atoms with E-state index < -0.39 is 12.0 Å². The Labute approximate surface area is 184 Å². The maximum absolute atomic E-state index is 13.5. The number of aryl methyl sites for hydroxylation is 1. The highest BCUT2D eigenvalue weighted by atomic mass is 16.5. The van der Waals surface area contributed by atoms with Crippen molar-refractivity contribution in [2.45, 2.75) is 65.3 Å². The summed E-state index contributed by atoms with van der Waals surface area (Å²) < 4.78 is 4.78. The molecule has 31 heavy (non-hydrogen) atoms. The number of methoxy groups -OCH3 is 1. The minimum atomic E-state index is -0.623. The number of anilines is 1. The topological polar surface area (TPSA) is 84.5 Å². The van der Waals surface area contributed by atoms with Crippen LogP contribution in [0.5, 0.6) is 0 Å².